The van der Waals surface area contributed by atoms with Crippen LogP contribution in [0.3, 0.4) is 0 Å². The van der Waals surface area contributed by atoms with E-state index in [9.17, 15) is 19.2 Å². The third kappa shape index (κ3) is 8.67. The summed E-state index contributed by atoms with van der Waals surface area (Å²) < 4.78 is 10.2. The van der Waals surface area contributed by atoms with Crippen molar-refractivity contribution in [3.8, 4) is 11.5 Å². The second-order valence-corrected chi connectivity index (χ2v) is 9.03. The molecule has 0 aromatic heterocycles. The van der Waals surface area contributed by atoms with Crippen LogP contribution in [0.1, 0.15) is 69.9 Å². The molecule has 0 aliphatic heterocycles. The molecule has 7 heteroatoms. The first kappa shape index (κ1) is 26.1. The van der Waals surface area contributed by atoms with E-state index in [2.05, 4.69) is 5.32 Å². The van der Waals surface area contributed by atoms with Crippen LogP contribution in [0.15, 0.2) is 42.5 Å². The number of rotatable bonds is 10. The predicted molar refractivity (Wildman–Crippen MR) is 132 cm³/mol. The van der Waals surface area contributed by atoms with Gasteiger partial charge in [0, 0.05) is 38.3 Å². The first-order valence-corrected chi connectivity index (χ1v) is 12.2. The number of carbonyl (C=O) groups is 4. The van der Waals surface area contributed by atoms with Gasteiger partial charge in [-0.05, 0) is 61.1 Å². The average Bonchev–Trinajstić information content (AvgIpc) is 2.83. The fourth-order valence-corrected chi connectivity index (χ4v) is 4.24. The zero-order valence-electron chi connectivity index (χ0n) is 20.4. The Bertz CT molecular complexity index is 1050. The summed E-state index contributed by atoms with van der Waals surface area (Å²) in [7, 11) is 0. The van der Waals surface area contributed by atoms with Gasteiger partial charge in [-0.3, -0.25) is 19.2 Å². The Hall–Kier alpha value is -3.48. The highest BCUT2D eigenvalue weighted by atomic mass is 16.6. The number of anilines is 1. The summed E-state index contributed by atoms with van der Waals surface area (Å²) in [4.78, 5) is 47.4. The molecule has 2 aromatic carbocycles. The van der Waals surface area contributed by atoms with E-state index in [1.807, 2.05) is 24.3 Å². The van der Waals surface area contributed by atoms with E-state index in [1.54, 1.807) is 18.2 Å². The van der Waals surface area contributed by atoms with E-state index in [1.165, 1.54) is 20.3 Å². The summed E-state index contributed by atoms with van der Waals surface area (Å²) in [5.41, 5.74) is 2.64. The lowest BCUT2D eigenvalue weighted by Crippen LogP contribution is -2.24. The standard InChI is InChI=1S/C28H33NO6/c1-19(30)34-26-17-12-22(18-27(26)35-20(2)31)11-16-25(32)15-10-21-8-13-24(14-9-21)29-28(33)23-6-4-3-5-7-23/h8-9,12-14,17-18,23H,3-7,10-11,15-16H2,1-2H3,(H,29,33). The summed E-state index contributed by atoms with van der Waals surface area (Å²) in [6, 6.07) is 12.6. The third-order valence-corrected chi connectivity index (χ3v) is 6.10. The smallest absolute Gasteiger partial charge is 0.308 e. The first-order chi connectivity index (χ1) is 16.8. The minimum atomic E-state index is -0.522. The van der Waals surface area contributed by atoms with Gasteiger partial charge in [0.1, 0.15) is 5.78 Å². The normalized spacial score (nSPS) is 13.7. The minimum absolute atomic E-state index is 0.102. The Balaban J connectivity index is 1.46. The van der Waals surface area contributed by atoms with Crippen molar-refractivity contribution in [1.29, 1.82) is 0 Å². The second kappa shape index (κ2) is 12.8. The molecule has 0 radical (unpaired) electrons. The number of nitrogens with one attached hydrogen (secondary N) is 1. The van der Waals surface area contributed by atoms with Gasteiger partial charge in [0.05, 0.1) is 0 Å². The summed E-state index contributed by atoms with van der Waals surface area (Å²) in [6.07, 6.45) is 7.27. The van der Waals surface area contributed by atoms with Crippen LogP contribution in [0, 0.1) is 5.92 Å². The number of ketones is 1. The SMILES string of the molecule is CC(=O)Oc1ccc(CCC(=O)CCc2ccc(NC(=O)C3CCCCC3)cc2)cc1OC(C)=O. The van der Waals surface area contributed by atoms with Gasteiger partial charge in [-0.25, -0.2) is 0 Å². The lowest BCUT2D eigenvalue weighted by Gasteiger charge is -2.20. The van der Waals surface area contributed by atoms with Crippen molar-refractivity contribution in [2.45, 2.75) is 71.6 Å². The quantitative estimate of drug-likeness (QED) is 0.372. The van der Waals surface area contributed by atoms with Crippen molar-refractivity contribution < 1.29 is 28.7 Å². The summed E-state index contributed by atoms with van der Waals surface area (Å²) in [5.74, 6) is -0.367. The van der Waals surface area contributed by atoms with Gasteiger partial charge in [0.15, 0.2) is 11.5 Å². The molecule has 1 N–H and O–H groups in total. The highest BCUT2D eigenvalue weighted by Crippen LogP contribution is 2.29. The maximum absolute atomic E-state index is 12.4. The van der Waals surface area contributed by atoms with Gasteiger partial charge in [0.2, 0.25) is 5.91 Å². The number of carbonyl (C=O) groups excluding carboxylic acids is 4. The third-order valence-electron chi connectivity index (χ3n) is 6.10. The molecule has 1 saturated carbocycles. The van der Waals surface area contributed by atoms with Gasteiger partial charge in [0.25, 0.3) is 0 Å². The Labute approximate surface area is 206 Å². The molecule has 0 atom stereocenters. The first-order valence-electron chi connectivity index (χ1n) is 12.2. The average molecular weight is 480 g/mol. The summed E-state index contributed by atoms with van der Waals surface area (Å²) in [6.45, 7) is 2.54. The van der Waals surface area contributed by atoms with Gasteiger partial charge in [-0.1, -0.05) is 37.5 Å². The van der Waals surface area contributed by atoms with Gasteiger partial charge < -0.3 is 14.8 Å². The zero-order chi connectivity index (χ0) is 25.2. The highest BCUT2D eigenvalue weighted by Gasteiger charge is 2.21. The van der Waals surface area contributed by atoms with Crippen molar-refractivity contribution in [2.24, 2.45) is 5.92 Å². The maximum Gasteiger partial charge on any atom is 0.308 e. The molecule has 0 bridgehead atoms. The number of hydrogen-bond acceptors (Lipinski definition) is 6. The zero-order valence-corrected chi connectivity index (χ0v) is 20.4. The molecule has 0 unspecified atom stereocenters. The maximum atomic E-state index is 12.4. The molecule has 35 heavy (non-hydrogen) atoms. The molecule has 1 aliphatic carbocycles. The second-order valence-electron chi connectivity index (χ2n) is 9.03. The Morgan fingerprint density at radius 1 is 0.771 bits per heavy atom. The van der Waals surface area contributed by atoms with E-state index in [4.69, 9.17) is 9.47 Å². The van der Waals surface area contributed by atoms with Gasteiger partial charge in [-0.15, -0.1) is 0 Å². The Kier molecular flexibility index (Phi) is 9.58. The van der Waals surface area contributed by atoms with Crippen molar-refractivity contribution >= 4 is 29.3 Å². The molecule has 0 spiro atoms. The monoisotopic (exact) mass is 479 g/mol. The number of ether oxygens (including phenoxy) is 2. The topological polar surface area (TPSA) is 98.8 Å². The lowest BCUT2D eigenvalue weighted by molar-refractivity contribution is -0.134. The van der Waals surface area contributed by atoms with Crippen LogP contribution < -0.4 is 14.8 Å². The molecule has 3 rings (SSSR count). The van der Waals surface area contributed by atoms with Crippen LogP contribution in [0.5, 0.6) is 11.5 Å². The highest BCUT2D eigenvalue weighted by molar-refractivity contribution is 5.92. The van der Waals surface area contributed by atoms with Crippen LogP contribution in [0.2, 0.25) is 0 Å². The molecule has 1 amide bonds. The number of aryl methyl sites for hydroxylation is 2. The molecule has 2 aromatic rings. The minimum Gasteiger partial charge on any atom is -0.423 e. The fourth-order valence-electron chi connectivity index (χ4n) is 4.24. The number of esters is 2. The fraction of sp³-hybridized carbons (Fsp3) is 0.429. The van der Waals surface area contributed by atoms with E-state index in [0.717, 1.165) is 42.5 Å². The molecular weight excluding hydrogens is 446 g/mol. The number of hydrogen-bond donors (Lipinski definition) is 1. The van der Waals surface area contributed by atoms with Crippen LogP contribution in [0.4, 0.5) is 5.69 Å². The van der Waals surface area contributed by atoms with E-state index in [0.29, 0.717) is 25.7 Å². The molecule has 186 valence electrons. The van der Waals surface area contributed by atoms with Gasteiger partial charge >= 0.3 is 11.9 Å². The van der Waals surface area contributed by atoms with Crippen molar-refractivity contribution in [2.75, 3.05) is 5.32 Å². The van der Waals surface area contributed by atoms with Crippen molar-refractivity contribution in [3.05, 3.63) is 53.6 Å². The largest absolute Gasteiger partial charge is 0.423 e. The Morgan fingerprint density at radius 2 is 1.34 bits per heavy atom. The number of benzene rings is 2. The van der Waals surface area contributed by atoms with Crippen LogP contribution in [0.25, 0.3) is 0 Å². The molecule has 1 fully saturated rings. The molecule has 7 nitrogen and oxygen atoms in total. The summed E-state index contributed by atoms with van der Waals surface area (Å²) >= 11 is 0. The van der Waals surface area contributed by atoms with Crippen LogP contribution in [-0.4, -0.2) is 23.6 Å². The lowest BCUT2D eigenvalue weighted by atomic mass is 9.88. The van der Waals surface area contributed by atoms with E-state index < -0.39 is 11.9 Å². The molecule has 0 heterocycles. The molecule has 0 saturated heterocycles. The molecular formula is C28H33NO6. The molecule has 1 aliphatic rings. The van der Waals surface area contributed by atoms with Gasteiger partial charge in [-0.2, -0.15) is 0 Å². The predicted octanol–water partition coefficient (Wildman–Crippen LogP) is 5.19. The Morgan fingerprint density at radius 3 is 1.97 bits per heavy atom. The summed E-state index contributed by atoms with van der Waals surface area (Å²) in [5, 5.41) is 3.01. The van der Waals surface area contributed by atoms with Crippen molar-refractivity contribution in [1.82, 2.24) is 0 Å². The van der Waals surface area contributed by atoms with Crippen LogP contribution >= 0.6 is 0 Å². The number of Topliss-reactive ketones (excluding diaryl/α,β-unsaturated/α-hetero) is 1. The van der Waals surface area contributed by atoms with Crippen LogP contribution in [-0.2, 0) is 32.0 Å². The van der Waals surface area contributed by atoms with E-state index >= 15 is 0 Å². The van der Waals surface area contributed by atoms with E-state index in [-0.39, 0.29) is 29.1 Å². The van der Waals surface area contributed by atoms with Crippen molar-refractivity contribution in [3.63, 3.8) is 0 Å². The number of amides is 1.